The van der Waals surface area contributed by atoms with Crippen molar-refractivity contribution in [2.75, 3.05) is 0 Å². The lowest BCUT2D eigenvalue weighted by molar-refractivity contribution is 0.240. The van der Waals surface area contributed by atoms with Crippen LogP contribution in [0.15, 0.2) is 41.3 Å². The van der Waals surface area contributed by atoms with E-state index in [9.17, 15) is 4.79 Å². The van der Waals surface area contributed by atoms with Crippen LogP contribution in [0.25, 0.3) is 10.9 Å². The Labute approximate surface area is 157 Å². The highest BCUT2D eigenvalue weighted by Gasteiger charge is 2.27. The van der Waals surface area contributed by atoms with Crippen LogP contribution >= 0.6 is 0 Å². The van der Waals surface area contributed by atoms with Crippen LogP contribution < -0.4 is 5.56 Å². The minimum absolute atomic E-state index is 0.0191. The van der Waals surface area contributed by atoms with E-state index in [-0.39, 0.29) is 11.0 Å². The Morgan fingerprint density at radius 1 is 1.15 bits per heavy atom. The van der Waals surface area contributed by atoms with Crippen LogP contribution in [-0.2, 0) is 13.0 Å². The SMILES string of the molecule is CC1(C)CCc2nc3cc(C#Cc4cc(C#N)ccn4)ccc3c(=O)n2C1. The third-order valence-electron chi connectivity index (χ3n) is 4.87. The first-order valence-electron chi connectivity index (χ1n) is 8.87. The summed E-state index contributed by atoms with van der Waals surface area (Å²) in [4.78, 5) is 21.7. The van der Waals surface area contributed by atoms with Crippen molar-refractivity contribution >= 4 is 10.9 Å². The number of fused-ring (bicyclic) bond motifs is 2. The van der Waals surface area contributed by atoms with Gasteiger partial charge in [-0.3, -0.25) is 9.36 Å². The number of benzene rings is 1. The fourth-order valence-electron chi connectivity index (χ4n) is 3.36. The van der Waals surface area contributed by atoms with Crippen molar-refractivity contribution < 1.29 is 0 Å². The zero-order chi connectivity index (χ0) is 19.0. The molecular weight excluding hydrogens is 336 g/mol. The van der Waals surface area contributed by atoms with Gasteiger partial charge in [-0.25, -0.2) is 9.97 Å². The highest BCUT2D eigenvalue weighted by Crippen LogP contribution is 2.29. The molecule has 0 atom stereocenters. The van der Waals surface area contributed by atoms with Crippen LogP contribution in [0.5, 0.6) is 0 Å². The normalized spacial score (nSPS) is 14.7. The van der Waals surface area contributed by atoms with Gasteiger partial charge in [0.15, 0.2) is 0 Å². The number of aryl methyl sites for hydroxylation is 1. The van der Waals surface area contributed by atoms with E-state index in [0.29, 0.717) is 28.7 Å². The van der Waals surface area contributed by atoms with Crippen LogP contribution in [0.4, 0.5) is 0 Å². The van der Waals surface area contributed by atoms with E-state index in [4.69, 9.17) is 10.2 Å². The van der Waals surface area contributed by atoms with Crippen molar-refractivity contribution in [1.82, 2.24) is 14.5 Å². The van der Waals surface area contributed by atoms with Gasteiger partial charge in [0.2, 0.25) is 0 Å². The summed E-state index contributed by atoms with van der Waals surface area (Å²) in [5.41, 5.74) is 2.64. The fourth-order valence-corrected chi connectivity index (χ4v) is 3.36. The smallest absolute Gasteiger partial charge is 0.261 e. The van der Waals surface area contributed by atoms with Crippen LogP contribution in [-0.4, -0.2) is 14.5 Å². The van der Waals surface area contributed by atoms with Gasteiger partial charge >= 0.3 is 0 Å². The molecule has 0 bridgehead atoms. The van der Waals surface area contributed by atoms with E-state index in [1.807, 2.05) is 16.7 Å². The molecule has 0 saturated carbocycles. The Kier molecular flexibility index (Phi) is 4.01. The van der Waals surface area contributed by atoms with Gasteiger partial charge < -0.3 is 0 Å². The fraction of sp³-hybridized carbons (Fsp3) is 0.273. The highest BCUT2D eigenvalue weighted by atomic mass is 16.1. The van der Waals surface area contributed by atoms with E-state index >= 15 is 0 Å². The molecule has 132 valence electrons. The van der Waals surface area contributed by atoms with Gasteiger partial charge in [-0.1, -0.05) is 19.8 Å². The van der Waals surface area contributed by atoms with E-state index in [0.717, 1.165) is 24.2 Å². The molecule has 0 saturated heterocycles. The molecule has 3 heterocycles. The number of nitrogens with zero attached hydrogens (tertiary/aromatic N) is 4. The molecule has 5 heteroatoms. The van der Waals surface area contributed by atoms with E-state index in [2.05, 4.69) is 36.7 Å². The predicted molar refractivity (Wildman–Crippen MR) is 103 cm³/mol. The maximum Gasteiger partial charge on any atom is 0.261 e. The second-order valence-electron chi connectivity index (χ2n) is 7.61. The molecule has 0 fully saturated rings. The summed E-state index contributed by atoms with van der Waals surface area (Å²) in [6, 6.07) is 10.8. The molecule has 2 aromatic heterocycles. The van der Waals surface area contributed by atoms with Gasteiger partial charge in [0.25, 0.3) is 5.56 Å². The minimum atomic E-state index is 0.0191. The van der Waals surface area contributed by atoms with Gasteiger partial charge in [0.05, 0.1) is 22.5 Å². The summed E-state index contributed by atoms with van der Waals surface area (Å²) < 4.78 is 1.81. The molecule has 1 aliphatic rings. The van der Waals surface area contributed by atoms with Crippen molar-refractivity contribution in [2.45, 2.75) is 33.2 Å². The van der Waals surface area contributed by atoms with Crippen molar-refractivity contribution in [2.24, 2.45) is 5.41 Å². The van der Waals surface area contributed by atoms with Crippen molar-refractivity contribution in [3.05, 3.63) is 69.5 Å². The largest absolute Gasteiger partial charge is 0.296 e. The molecule has 1 aliphatic heterocycles. The summed E-state index contributed by atoms with van der Waals surface area (Å²) in [7, 11) is 0. The molecule has 5 nitrogen and oxygen atoms in total. The second-order valence-corrected chi connectivity index (χ2v) is 7.61. The van der Waals surface area contributed by atoms with Gasteiger partial charge in [-0.05, 0) is 48.1 Å². The summed E-state index contributed by atoms with van der Waals surface area (Å²) in [5, 5.41) is 9.57. The Hall–Kier alpha value is -3.44. The first kappa shape index (κ1) is 17.0. The molecule has 0 N–H and O–H groups in total. The lowest BCUT2D eigenvalue weighted by atomic mass is 9.85. The zero-order valence-corrected chi connectivity index (χ0v) is 15.3. The number of aromatic nitrogens is 3. The Bertz CT molecular complexity index is 1220. The monoisotopic (exact) mass is 354 g/mol. The summed E-state index contributed by atoms with van der Waals surface area (Å²) in [6.07, 6.45) is 3.39. The molecule has 27 heavy (non-hydrogen) atoms. The Balaban J connectivity index is 1.75. The third kappa shape index (κ3) is 3.32. The molecule has 0 aliphatic carbocycles. The Morgan fingerprint density at radius 2 is 2.00 bits per heavy atom. The van der Waals surface area contributed by atoms with E-state index in [1.165, 1.54) is 0 Å². The summed E-state index contributed by atoms with van der Waals surface area (Å²) in [5.74, 6) is 6.86. The molecule has 4 rings (SSSR count). The quantitative estimate of drug-likeness (QED) is 0.582. The number of rotatable bonds is 0. The topological polar surface area (TPSA) is 71.6 Å². The van der Waals surface area contributed by atoms with Crippen molar-refractivity contribution in [1.29, 1.82) is 5.26 Å². The summed E-state index contributed by atoms with van der Waals surface area (Å²) in [6.45, 7) is 5.06. The minimum Gasteiger partial charge on any atom is -0.296 e. The lowest BCUT2D eigenvalue weighted by Gasteiger charge is -2.31. The number of hydrogen-bond acceptors (Lipinski definition) is 4. The second kappa shape index (κ2) is 6.37. The first-order valence-corrected chi connectivity index (χ1v) is 8.87. The maximum atomic E-state index is 12.9. The number of hydrogen-bond donors (Lipinski definition) is 0. The average Bonchev–Trinajstić information content (AvgIpc) is 2.67. The van der Waals surface area contributed by atoms with E-state index in [1.54, 1.807) is 24.4 Å². The molecule has 0 radical (unpaired) electrons. The molecule has 0 unspecified atom stereocenters. The zero-order valence-electron chi connectivity index (χ0n) is 15.3. The van der Waals surface area contributed by atoms with E-state index < -0.39 is 0 Å². The molecular formula is C22H18N4O. The van der Waals surface area contributed by atoms with Gasteiger partial charge in [-0.2, -0.15) is 5.26 Å². The van der Waals surface area contributed by atoms with Crippen LogP contribution in [0.1, 0.15) is 42.9 Å². The molecule has 1 aromatic carbocycles. The molecule has 0 amide bonds. The first-order chi connectivity index (χ1) is 12.9. The molecule has 3 aromatic rings. The molecule has 0 spiro atoms. The number of pyridine rings is 1. The average molecular weight is 354 g/mol. The number of nitriles is 1. The third-order valence-corrected chi connectivity index (χ3v) is 4.87. The van der Waals surface area contributed by atoms with Crippen LogP contribution in [0.2, 0.25) is 0 Å². The lowest BCUT2D eigenvalue weighted by Crippen LogP contribution is -2.36. The predicted octanol–water partition coefficient (Wildman–Crippen LogP) is 3.04. The maximum absolute atomic E-state index is 12.9. The van der Waals surface area contributed by atoms with Gasteiger partial charge in [0, 0.05) is 24.7 Å². The van der Waals surface area contributed by atoms with Gasteiger partial charge in [-0.15, -0.1) is 0 Å². The van der Waals surface area contributed by atoms with Crippen molar-refractivity contribution in [3.63, 3.8) is 0 Å². The Morgan fingerprint density at radius 3 is 2.81 bits per heavy atom. The standard InChI is InChI=1S/C22H18N4O/c1-22(2)9-7-20-25-19-12-15(4-6-18(19)21(27)26(20)14-22)3-5-17-11-16(13-23)8-10-24-17/h4,6,8,10-12H,7,9,14H2,1-2H3. The van der Waals surface area contributed by atoms with Crippen molar-refractivity contribution in [3.8, 4) is 17.9 Å². The highest BCUT2D eigenvalue weighted by molar-refractivity contribution is 5.79. The van der Waals surface area contributed by atoms with Crippen LogP contribution in [0, 0.1) is 28.6 Å². The van der Waals surface area contributed by atoms with Crippen LogP contribution in [0.3, 0.4) is 0 Å². The van der Waals surface area contributed by atoms with Gasteiger partial charge in [0.1, 0.15) is 11.5 Å². The summed E-state index contributed by atoms with van der Waals surface area (Å²) >= 11 is 0.